The third kappa shape index (κ3) is 4.57. The summed E-state index contributed by atoms with van der Waals surface area (Å²) in [5.41, 5.74) is 1.55. The van der Waals surface area contributed by atoms with E-state index in [1.807, 2.05) is 13.8 Å². The Bertz CT molecular complexity index is 507. The molecule has 0 heterocycles. The minimum Gasteiger partial charge on any atom is -0.307 e. The maximum absolute atomic E-state index is 10.8. The number of hydrogen-bond donors (Lipinski definition) is 1. The highest BCUT2D eigenvalue weighted by Gasteiger charge is 2.02. The van der Waals surface area contributed by atoms with Gasteiger partial charge in [-0.2, -0.15) is 0 Å². The van der Waals surface area contributed by atoms with Crippen LogP contribution in [0.5, 0.6) is 0 Å². The zero-order chi connectivity index (χ0) is 14.0. The van der Waals surface area contributed by atoms with Crippen LogP contribution in [0.4, 0.5) is 0 Å². The highest BCUT2D eigenvalue weighted by Crippen LogP contribution is 2.17. The van der Waals surface area contributed by atoms with E-state index in [0.717, 1.165) is 6.21 Å². The SMILES string of the molecule is C/C=C(/C#Cc1cccc(Cl)c1C=O)C=N.CC. The molecule has 2 nitrogen and oxygen atoms in total. The zero-order valence-corrected chi connectivity index (χ0v) is 11.5. The molecule has 1 aromatic carbocycles. The van der Waals surface area contributed by atoms with E-state index in [9.17, 15) is 4.79 Å². The molecule has 0 saturated carbocycles. The van der Waals surface area contributed by atoms with Crippen molar-refractivity contribution in [3.05, 3.63) is 46.0 Å². The van der Waals surface area contributed by atoms with Gasteiger partial charge in [0.15, 0.2) is 6.29 Å². The van der Waals surface area contributed by atoms with Crippen molar-refractivity contribution in [2.24, 2.45) is 0 Å². The first-order valence-electron chi connectivity index (χ1n) is 5.65. The summed E-state index contributed by atoms with van der Waals surface area (Å²) in [5.74, 6) is 5.61. The second kappa shape index (κ2) is 9.21. The molecule has 0 aromatic heterocycles. The summed E-state index contributed by atoms with van der Waals surface area (Å²) in [6.07, 6.45) is 3.58. The lowest BCUT2D eigenvalue weighted by Gasteiger charge is -1.98. The standard InChI is InChI=1S/C13H10ClNO.C2H6/c1-2-10(8-15)6-7-11-4-3-5-13(14)12(11)9-16;1-2/h2-5,8-9,15H,1H3;1-2H3/b10-2-,15-8?;. The Labute approximate surface area is 113 Å². The summed E-state index contributed by atoms with van der Waals surface area (Å²) in [7, 11) is 0. The molecule has 0 aliphatic rings. The Balaban J connectivity index is 0.00000137. The van der Waals surface area contributed by atoms with Gasteiger partial charge in [-0.3, -0.25) is 4.79 Å². The Morgan fingerprint density at radius 3 is 2.56 bits per heavy atom. The van der Waals surface area contributed by atoms with Gasteiger partial charge in [0.05, 0.1) is 5.02 Å². The highest BCUT2D eigenvalue weighted by atomic mass is 35.5. The fourth-order valence-electron chi connectivity index (χ4n) is 1.10. The van der Waals surface area contributed by atoms with Gasteiger partial charge in [0.2, 0.25) is 0 Å². The number of hydrogen-bond acceptors (Lipinski definition) is 2. The molecule has 0 atom stereocenters. The Hall–Kier alpha value is -1.85. The molecule has 0 amide bonds. The largest absolute Gasteiger partial charge is 0.307 e. The predicted octanol–water partition coefficient (Wildman–Crippen LogP) is 4.13. The van der Waals surface area contributed by atoms with E-state index >= 15 is 0 Å². The van der Waals surface area contributed by atoms with Crippen molar-refractivity contribution in [3.8, 4) is 11.8 Å². The van der Waals surface area contributed by atoms with Crippen molar-refractivity contribution in [2.75, 3.05) is 0 Å². The fourth-order valence-corrected chi connectivity index (χ4v) is 1.32. The third-order valence-electron chi connectivity index (χ3n) is 1.98. The maximum Gasteiger partial charge on any atom is 0.152 e. The van der Waals surface area contributed by atoms with Gasteiger partial charge in [-0.05, 0) is 19.1 Å². The summed E-state index contributed by atoms with van der Waals surface area (Å²) in [6, 6.07) is 5.10. The second-order valence-electron chi connectivity index (χ2n) is 2.96. The van der Waals surface area contributed by atoms with Gasteiger partial charge in [-0.25, -0.2) is 0 Å². The van der Waals surface area contributed by atoms with Crippen molar-refractivity contribution < 1.29 is 4.79 Å². The van der Waals surface area contributed by atoms with Crippen LogP contribution in [0, 0.1) is 17.3 Å². The van der Waals surface area contributed by atoms with E-state index in [2.05, 4.69) is 11.8 Å². The molecule has 0 radical (unpaired) electrons. The van der Waals surface area contributed by atoms with Crippen molar-refractivity contribution in [1.29, 1.82) is 5.41 Å². The van der Waals surface area contributed by atoms with Crippen LogP contribution in [0.15, 0.2) is 29.8 Å². The van der Waals surface area contributed by atoms with E-state index in [1.54, 1.807) is 31.2 Å². The average Bonchev–Trinajstić information content (AvgIpc) is 2.42. The molecule has 0 unspecified atom stereocenters. The summed E-state index contributed by atoms with van der Waals surface area (Å²) in [5, 5.41) is 7.46. The lowest BCUT2D eigenvalue weighted by molar-refractivity contribution is 0.112. The summed E-state index contributed by atoms with van der Waals surface area (Å²) < 4.78 is 0. The number of carbonyl (C=O) groups excluding carboxylic acids is 1. The van der Waals surface area contributed by atoms with E-state index in [-0.39, 0.29) is 0 Å². The number of benzene rings is 1. The van der Waals surface area contributed by atoms with Gasteiger partial charge in [-0.15, -0.1) is 0 Å². The summed E-state index contributed by atoms with van der Waals surface area (Å²) in [4.78, 5) is 10.8. The Morgan fingerprint density at radius 1 is 1.39 bits per heavy atom. The molecule has 0 spiro atoms. The monoisotopic (exact) mass is 261 g/mol. The molecule has 18 heavy (non-hydrogen) atoms. The number of aldehydes is 1. The van der Waals surface area contributed by atoms with Gasteiger partial charge < -0.3 is 5.41 Å². The minimum absolute atomic E-state index is 0.386. The summed E-state index contributed by atoms with van der Waals surface area (Å²) in [6.45, 7) is 5.80. The Morgan fingerprint density at radius 2 is 2.06 bits per heavy atom. The van der Waals surface area contributed by atoms with Gasteiger partial charge in [0, 0.05) is 22.9 Å². The topological polar surface area (TPSA) is 40.9 Å². The van der Waals surface area contributed by atoms with Gasteiger partial charge in [0.25, 0.3) is 0 Å². The number of halogens is 1. The van der Waals surface area contributed by atoms with Crippen molar-refractivity contribution >= 4 is 24.1 Å². The Kier molecular flexibility index (Phi) is 8.26. The molecule has 1 aromatic rings. The van der Waals surface area contributed by atoms with Crippen molar-refractivity contribution in [3.63, 3.8) is 0 Å². The molecule has 0 saturated heterocycles. The van der Waals surface area contributed by atoms with Crippen LogP contribution in [-0.4, -0.2) is 12.5 Å². The first-order valence-corrected chi connectivity index (χ1v) is 6.03. The molecule has 0 aliphatic carbocycles. The first-order chi connectivity index (χ1) is 8.72. The van der Waals surface area contributed by atoms with Crippen LogP contribution in [0.1, 0.15) is 36.7 Å². The fraction of sp³-hybridized carbons (Fsp3) is 0.200. The van der Waals surface area contributed by atoms with E-state index < -0.39 is 0 Å². The minimum atomic E-state index is 0.386. The zero-order valence-electron chi connectivity index (χ0n) is 10.8. The van der Waals surface area contributed by atoms with Crippen LogP contribution in [-0.2, 0) is 0 Å². The van der Waals surface area contributed by atoms with E-state index in [4.69, 9.17) is 17.0 Å². The average molecular weight is 262 g/mol. The summed E-state index contributed by atoms with van der Waals surface area (Å²) >= 11 is 5.85. The van der Waals surface area contributed by atoms with Crippen molar-refractivity contribution in [2.45, 2.75) is 20.8 Å². The second-order valence-corrected chi connectivity index (χ2v) is 3.36. The van der Waals surface area contributed by atoms with Crippen molar-refractivity contribution in [1.82, 2.24) is 0 Å². The first kappa shape index (κ1) is 16.2. The molecular formula is C15H16ClNO. The van der Waals surface area contributed by atoms with Crippen LogP contribution < -0.4 is 0 Å². The van der Waals surface area contributed by atoms with Crippen LogP contribution >= 0.6 is 11.6 Å². The molecule has 0 fully saturated rings. The molecular weight excluding hydrogens is 246 g/mol. The van der Waals surface area contributed by atoms with Crippen LogP contribution in [0.25, 0.3) is 0 Å². The normalized spacial score (nSPS) is 9.44. The van der Waals surface area contributed by atoms with Crippen LogP contribution in [0.2, 0.25) is 5.02 Å². The van der Waals surface area contributed by atoms with E-state index in [1.165, 1.54) is 0 Å². The molecule has 1 rings (SSSR count). The highest BCUT2D eigenvalue weighted by molar-refractivity contribution is 6.33. The number of rotatable bonds is 2. The molecule has 0 aliphatic heterocycles. The predicted molar refractivity (Wildman–Crippen MR) is 77.6 cm³/mol. The lowest BCUT2D eigenvalue weighted by Crippen LogP contribution is -1.88. The maximum atomic E-state index is 10.8. The van der Waals surface area contributed by atoms with Crippen LogP contribution in [0.3, 0.4) is 0 Å². The number of allylic oxidation sites excluding steroid dienone is 2. The molecule has 0 bridgehead atoms. The van der Waals surface area contributed by atoms with Gasteiger partial charge in [-0.1, -0.05) is 49.4 Å². The molecule has 94 valence electrons. The third-order valence-corrected chi connectivity index (χ3v) is 2.31. The van der Waals surface area contributed by atoms with E-state index in [0.29, 0.717) is 28.0 Å². The van der Waals surface area contributed by atoms with Gasteiger partial charge in [0.1, 0.15) is 0 Å². The quantitative estimate of drug-likeness (QED) is 0.485. The van der Waals surface area contributed by atoms with Gasteiger partial charge >= 0.3 is 0 Å². The molecule has 1 N–H and O–H groups in total. The smallest absolute Gasteiger partial charge is 0.152 e. The lowest BCUT2D eigenvalue weighted by atomic mass is 10.1. The molecule has 3 heteroatoms. The number of carbonyl (C=O) groups is 1. The number of nitrogens with one attached hydrogen (secondary N) is 1.